The molecule has 5 heteroatoms. The molecule has 14 heavy (non-hydrogen) atoms. The fraction of sp³-hybridized carbons (Fsp3) is 0. The van der Waals surface area contributed by atoms with Gasteiger partial charge in [0.05, 0.1) is 5.56 Å². The van der Waals surface area contributed by atoms with E-state index in [-0.39, 0.29) is 11.1 Å². The third-order valence-electron chi connectivity index (χ3n) is 1.44. The van der Waals surface area contributed by atoms with Crippen LogP contribution in [0, 0.1) is 22.7 Å². The standard InChI is InChI=1S/C9H4N2O2S/c10-4-6(5-11)3-8-7(9(12)13)1-2-14-8/h1-3H,(H,12,13). The maximum absolute atomic E-state index is 10.7. The fourth-order valence-corrected chi connectivity index (χ4v) is 1.65. The van der Waals surface area contributed by atoms with Gasteiger partial charge in [0.1, 0.15) is 17.7 Å². The first kappa shape index (κ1) is 9.97. The first-order valence-electron chi connectivity index (χ1n) is 3.51. The summed E-state index contributed by atoms with van der Waals surface area (Å²) in [5, 5.41) is 27.3. The van der Waals surface area contributed by atoms with Crippen LogP contribution in [0.1, 0.15) is 15.2 Å². The van der Waals surface area contributed by atoms with Gasteiger partial charge in [-0.3, -0.25) is 0 Å². The Bertz CT molecular complexity index is 458. The topological polar surface area (TPSA) is 84.9 Å². The van der Waals surface area contributed by atoms with E-state index in [0.29, 0.717) is 4.88 Å². The second-order valence-electron chi connectivity index (χ2n) is 2.29. The van der Waals surface area contributed by atoms with E-state index >= 15 is 0 Å². The number of rotatable bonds is 2. The third-order valence-corrected chi connectivity index (χ3v) is 2.31. The van der Waals surface area contributed by atoms with E-state index in [0.717, 1.165) is 0 Å². The summed E-state index contributed by atoms with van der Waals surface area (Å²) >= 11 is 1.18. The van der Waals surface area contributed by atoms with Crippen molar-refractivity contribution in [2.75, 3.05) is 0 Å². The first-order valence-corrected chi connectivity index (χ1v) is 4.39. The molecule has 0 bridgehead atoms. The molecule has 0 atom stereocenters. The third kappa shape index (κ3) is 1.98. The van der Waals surface area contributed by atoms with Gasteiger partial charge in [-0.1, -0.05) is 0 Å². The summed E-state index contributed by atoms with van der Waals surface area (Å²) in [4.78, 5) is 11.1. The predicted octanol–water partition coefficient (Wildman–Crippen LogP) is 1.88. The van der Waals surface area contributed by atoms with Gasteiger partial charge in [0.2, 0.25) is 0 Å². The van der Waals surface area contributed by atoms with Gasteiger partial charge in [0.15, 0.2) is 0 Å². The minimum Gasteiger partial charge on any atom is -0.478 e. The molecule has 0 radical (unpaired) electrons. The number of nitrogens with zero attached hydrogens (tertiary/aromatic N) is 2. The minimum atomic E-state index is -1.06. The number of hydrogen-bond donors (Lipinski definition) is 1. The molecule has 0 aromatic carbocycles. The van der Waals surface area contributed by atoms with E-state index in [1.807, 2.05) is 0 Å². The zero-order valence-electron chi connectivity index (χ0n) is 6.89. The highest BCUT2D eigenvalue weighted by Gasteiger charge is 2.09. The van der Waals surface area contributed by atoms with Crippen molar-refractivity contribution in [3.8, 4) is 12.1 Å². The molecule has 0 saturated carbocycles. The van der Waals surface area contributed by atoms with Crippen molar-refractivity contribution in [3.63, 3.8) is 0 Å². The van der Waals surface area contributed by atoms with Crippen LogP contribution in [0.25, 0.3) is 6.08 Å². The van der Waals surface area contributed by atoms with Crippen LogP contribution in [-0.4, -0.2) is 11.1 Å². The second kappa shape index (κ2) is 4.22. The van der Waals surface area contributed by atoms with Crippen LogP contribution < -0.4 is 0 Å². The molecule has 68 valence electrons. The van der Waals surface area contributed by atoms with Crippen LogP contribution in [-0.2, 0) is 0 Å². The van der Waals surface area contributed by atoms with E-state index in [4.69, 9.17) is 15.6 Å². The Balaban J connectivity index is 3.17. The predicted molar refractivity (Wildman–Crippen MR) is 50.5 cm³/mol. The van der Waals surface area contributed by atoms with Crippen LogP contribution in [0.15, 0.2) is 17.0 Å². The summed E-state index contributed by atoms with van der Waals surface area (Å²) in [6.07, 6.45) is 1.27. The molecule has 1 heterocycles. The molecule has 0 amide bonds. The minimum absolute atomic E-state index is 0.102. The highest BCUT2D eigenvalue weighted by Crippen LogP contribution is 2.19. The largest absolute Gasteiger partial charge is 0.478 e. The Morgan fingerprint density at radius 3 is 2.64 bits per heavy atom. The average molecular weight is 204 g/mol. The maximum atomic E-state index is 10.7. The summed E-state index contributed by atoms with van der Waals surface area (Å²) < 4.78 is 0. The van der Waals surface area contributed by atoms with Crippen LogP contribution in [0.2, 0.25) is 0 Å². The Labute approximate surface area is 83.9 Å². The van der Waals surface area contributed by atoms with Gasteiger partial charge in [-0.2, -0.15) is 10.5 Å². The summed E-state index contributed by atoms with van der Waals surface area (Å²) in [5.41, 5.74) is 0.00736. The van der Waals surface area contributed by atoms with Gasteiger partial charge in [0, 0.05) is 4.88 Å². The van der Waals surface area contributed by atoms with Gasteiger partial charge in [-0.05, 0) is 17.5 Å². The van der Waals surface area contributed by atoms with Crippen molar-refractivity contribution >= 4 is 23.4 Å². The van der Waals surface area contributed by atoms with E-state index in [2.05, 4.69) is 0 Å². The lowest BCUT2D eigenvalue weighted by atomic mass is 10.2. The molecular weight excluding hydrogens is 200 g/mol. The van der Waals surface area contributed by atoms with Crippen LogP contribution in [0.4, 0.5) is 0 Å². The quantitative estimate of drug-likeness (QED) is 0.745. The average Bonchev–Trinajstić information content (AvgIpc) is 2.62. The van der Waals surface area contributed by atoms with Gasteiger partial charge in [-0.25, -0.2) is 4.79 Å². The molecule has 0 aliphatic carbocycles. The molecule has 1 aromatic heterocycles. The number of thiophene rings is 1. The fourth-order valence-electron chi connectivity index (χ4n) is 0.830. The highest BCUT2D eigenvalue weighted by molar-refractivity contribution is 7.11. The molecule has 1 aromatic rings. The summed E-state index contributed by atoms with van der Waals surface area (Å²) in [6, 6.07) is 4.78. The molecule has 0 aliphatic rings. The van der Waals surface area contributed by atoms with E-state index in [9.17, 15) is 4.79 Å². The highest BCUT2D eigenvalue weighted by atomic mass is 32.1. The van der Waals surface area contributed by atoms with Crippen LogP contribution >= 0.6 is 11.3 Å². The summed E-state index contributed by atoms with van der Waals surface area (Å²) in [5.74, 6) is -1.06. The number of carboxylic acid groups (broad SMARTS) is 1. The van der Waals surface area contributed by atoms with Crippen LogP contribution in [0.5, 0.6) is 0 Å². The van der Waals surface area contributed by atoms with Crippen molar-refractivity contribution in [1.29, 1.82) is 10.5 Å². The van der Waals surface area contributed by atoms with Gasteiger partial charge in [-0.15, -0.1) is 11.3 Å². The van der Waals surface area contributed by atoms with E-state index < -0.39 is 5.97 Å². The Morgan fingerprint density at radius 1 is 1.50 bits per heavy atom. The molecule has 0 fully saturated rings. The molecular formula is C9H4N2O2S. The summed E-state index contributed by atoms with van der Waals surface area (Å²) in [7, 11) is 0. The first-order chi connectivity index (χ1) is 6.69. The lowest BCUT2D eigenvalue weighted by Gasteiger charge is -1.90. The second-order valence-corrected chi connectivity index (χ2v) is 3.23. The van der Waals surface area contributed by atoms with Crippen molar-refractivity contribution in [2.45, 2.75) is 0 Å². The van der Waals surface area contributed by atoms with Crippen molar-refractivity contribution < 1.29 is 9.90 Å². The molecule has 0 saturated heterocycles. The lowest BCUT2D eigenvalue weighted by molar-refractivity contribution is 0.0697. The van der Waals surface area contributed by atoms with Gasteiger partial charge < -0.3 is 5.11 Å². The Hall–Kier alpha value is -2.11. The number of hydrogen-bond acceptors (Lipinski definition) is 4. The van der Waals surface area contributed by atoms with Crippen LogP contribution in [0.3, 0.4) is 0 Å². The molecule has 0 spiro atoms. The van der Waals surface area contributed by atoms with Crippen molar-refractivity contribution in [2.24, 2.45) is 0 Å². The lowest BCUT2D eigenvalue weighted by Crippen LogP contribution is -1.95. The number of allylic oxidation sites excluding steroid dienone is 1. The van der Waals surface area contributed by atoms with Gasteiger partial charge in [0.25, 0.3) is 0 Å². The molecule has 4 nitrogen and oxygen atoms in total. The Kier molecular flexibility index (Phi) is 3.01. The normalized spacial score (nSPS) is 8.43. The molecule has 0 aliphatic heterocycles. The van der Waals surface area contributed by atoms with Crippen molar-refractivity contribution in [1.82, 2.24) is 0 Å². The number of carbonyl (C=O) groups is 1. The number of aromatic carboxylic acids is 1. The Morgan fingerprint density at radius 2 is 2.14 bits per heavy atom. The molecule has 0 unspecified atom stereocenters. The summed E-state index contributed by atoms with van der Waals surface area (Å²) in [6.45, 7) is 0. The zero-order valence-corrected chi connectivity index (χ0v) is 7.71. The van der Waals surface area contributed by atoms with E-state index in [1.54, 1.807) is 17.5 Å². The number of nitriles is 2. The SMILES string of the molecule is N#CC(C#N)=Cc1sccc1C(=O)O. The molecule has 1 N–H and O–H groups in total. The molecule has 1 rings (SSSR count). The maximum Gasteiger partial charge on any atom is 0.337 e. The monoisotopic (exact) mass is 204 g/mol. The smallest absolute Gasteiger partial charge is 0.337 e. The van der Waals surface area contributed by atoms with E-state index in [1.165, 1.54) is 23.5 Å². The number of carboxylic acids is 1. The van der Waals surface area contributed by atoms with Crippen molar-refractivity contribution in [3.05, 3.63) is 27.5 Å². The van der Waals surface area contributed by atoms with Gasteiger partial charge >= 0.3 is 5.97 Å². The zero-order chi connectivity index (χ0) is 10.6.